The van der Waals surface area contributed by atoms with Crippen molar-refractivity contribution >= 4 is 24.0 Å². The third kappa shape index (κ3) is 10.9. The van der Waals surface area contributed by atoms with Crippen molar-refractivity contribution in [1.29, 1.82) is 0 Å². The van der Waals surface area contributed by atoms with Gasteiger partial charge in [-0.25, -0.2) is 4.79 Å². The molecule has 0 aromatic heterocycles. The molecule has 3 N–H and O–H groups in total. The highest BCUT2D eigenvalue weighted by molar-refractivity contribution is 5.92. The lowest BCUT2D eigenvalue weighted by atomic mass is 9.98. The van der Waals surface area contributed by atoms with Gasteiger partial charge < -0.3 is 25.4 Å². The second-order valence-electron chi connectivity index (χ2n) is 11.4. The highest BCUT2D eigenvalue weighted by Gasteiger charge is 2.36. The molecule has 8 nitrogen and oxygen atoms in total. The van der Waals surface area contributed by atoms with E-state index in [-0.39, 0.29) is 24.1 Å². The number of nitrogens with zero attached hydrogens (tertiary/aromatic N) is 1. The molecule has 2 aromatic carbocycles. The van der Waals surface area contributed by atoms with Gasteiger partial charge in [0.15, 0.2) is 0 Å². The van der Waals surface area contributed by atoms with E-state index in [0.717, 1.165) is 30.4 Å². The van der Waals surface area contributed by atoms with E-state index < -0.39 is 29.7 Å². The number of carbonyl (C=O) groups is 3. The van der Waals surface area contributed by atoms with Crippen LogP contribution in [0.15, 0.2) is 55.1 Å². The van der Waals surface area contributed by atoms with Crippen LogP contribution in [0.5, 0.6) is 5.75 Å². The fraction of sp³-hybridized carbons (Fsp3) is 0.485. The monoisotopic (exact) mass is 565 g/mol. The van der Waals surface area contributed by atoms with Gasteiger partial charge in [-0.15, -0.1) is 0 Å². The van der Waals surface area contributed by atoms with Crippen molar-refractivity contribution < 1.29 is 24.2 Å². The summed E-state index contributed by atoms with van der Waals surface area (Å²) in [5.41, 5.74) is 1.46. The molecule has 0 aliphatic carbocycles. The summed E-state index contributed by atoms with van der Waals surface area (Å²) >= 11 is 0. The number of amides is 3. The molecule has 41 heavy (non-hydrogen) atoms. The van der Waals surface area contributed by atoms with Crippen LogP contribution in [0, 0.1) is 0 Å². The summed E-state index contributed by atoms with van der Waals surface area (Å²) in [5.74, 6) is -0.580. The molecule has 224 valence electrons. The Labute approximate surface area is 245 Å². The Hall–Kier alpha value is -3.81. The molecule has 0 fully saturated rings. The van der Waals surface area contributed by atoms with E-state index in [1.165, 1.54) is 12.1 Å². The Morgan fingerprint density at radius 1 is 1.05 bits per heavy atom. The molecule has 3 amide bonds. The van der Waals surface area contributed by atoms with E-state index in [1.54, 1.807) is 43.9 Å². The molecule has 3 unspecified atom stereocenters. The van der Waals surface area contributed by atoms with Crippen molar-refractivity contribution in [3.8, 4) is 5.75 Å². The number of alkyl carbamates (subject to hydrolysis) is 1. The van der Waals surface area contributed by atoms with Gasteiger partial charge in [0.05, 0.1) is 0 Å². The number of aromatic hydroxyl groups is 1. The standard InChI is InChI=1S/C33H47N3O5/c1-8-11-20-36(29(30(38)34-23(4)13-9-2)26-15-12-14-24(10-3)21-26)31(39)28(35-32(40)41-33(5,6)7)22-25-16-18-27(37)19-17-25/h10,12,14-19,21,23,28-29,37H,3,8-9,11,13,20,22H2,1-2,4-7H3,(H,34,38)(H,35,40). The van der Waals surface area contributed by atoms with E-state index in [0.29, 0.717) is 18.5 Å². The van der Waals surface area contributed by atoms with Crippen LogP contribution in [0.25, 0.3) is 6.08 Å². The zero-order valence-corrected chi connectivity index (χ0v) is 25.4. The van der Waals surface area contributed by atoms with Gasteiger partial charge in [-0.05, 0) is 75.4 Å². The van der Waals surface area contributed by atoms with Crippen molar-refractivity contribution in [3.05, 3.63) is 71.8 Å². The number of unbranched alkanes of at least 4 members (excludes halogenated alkanes) is 1. The largest absolute Gasteiger partial charge is 0.508 e. The lowest BCUT2D eigenvalue weighted by molar-refractivity contribution is -0.142. The van der Waals surface area contributed by atoms with Crippen LogP contribution in [0.2, 0.25) is 0 Å². The lowest BCUT2D eigenvalue weighted by Gasteiger charge is -2.35. The molecular weight excluding hydrogens is 518 g/mol. The minimum absolute atomic E-state index is 0.0756. The van der Waals surface area contributed by atoms with Crippen molar-refractivity contribution in [2.45, 2.75) is 97.4 Å². The average molecular weight is 566 g/mol. The fourth-order valence-corrected chi connectivity index (χ4v) is 4.57. The van der Waals surface area contributed by atoms with Crippen molar-refractivity contribution in [3.63, 3.8) is 0 Å². The second-order valence-corrected chi connectivity index (χ2v) is 11.4. The molecule has 0 radical (unpaired) electrons. The first-order chi connectivity index (χ1) is 19.4. The Kier molecular flexibility index (Phi) is 12.9. The number of carbonyl (C=O) groups excluding carboxylic acids is 3. The number of phenols is 1. The Bertz CT molecular complexity index is 1160. The maximum absolute atomic E-state index is 14.4. The molecule has 0 bridgehead atoms. The Morgan fingerprint density at radius 3 is 2.32 bits per heavy atom. The zero-order valence-electron chi connectivity index (χ0n) is 25.4. The van der Waals surface area contributed by atoms with E-state index >= 15 is 0 Å². The van der Waals surface area contributed by atoms with Crippen LogP contribution >= 0.6 is 0 Å². The maximum atomic E-state index is 14.4. The quantitative estimate of drug-likeness (QED) is 0.255. The molecular formula is C33H47N3O5. The minimum Gasteiger partial charge on any atom is -0.508 e. The van der Waals surface area contributed by atoms with Crippen LogP contribution in [0.4, 0.5) is 4.79 Å². The van der Waals surface area contributed by atoms with E-state index in [2.05, 4.69) is 24.1 Å². The summed E-state index contributed by atoms with van der Waals surface area (Å²) in [4.78, 5) is 42.8. The fourth-order valence-electron chi connectivity index (χ4n) is 4.57. The minimum atomic E-state index is -1.02. The molecule has 0 saturated heterocycles. The number of nitrogens with one attached hydrogen (secondary N) is 2. The summed E-state index contributed by atoms with van der Waals surface area (Å²) in [7, 11) is 0. The SMILES string of the molecule is C=Cc1cccc(C(C(=O)NC(C)CCC)N(CCCC)C(=O)C(Cc2ccc(O)cc2)NC(=O)OC(C)(C)C)c1. The molecule has 0 saturated carbocycles. The van der Waals surface area contributed by atoms with Gasteiger partial charge in [-0.1, -0.05) is 69.7 Å². The van der Waals surface area contributed by atoms with Gasteiger partial charge in [0, 0.05) is 19.0 Å². The molecule has 3 atom stereocenters. The van der Waals surface area contributed by atoms with Crippen molar-refractivity contribution in [2.75, 3.05) is 6.54 Å². The smallest absolute Gasteiger partial charge is 0.408 e. The van der Waals surface area contributed by atoms with Crippen LogP contribution < -0.4 is 10.6 Å². The van der Waals surface area contributed by atoms with Crippen LogP contribution in [-0.2, 0) is 20.7 Å². The van der Waals surface area contributed by atoms with Crippen LogP contribution in [0.1, 0.15) is 90.0 Å². The van der Waals surface area contributed by atoms with Gasteiger partial charge in [-0.2, -0.15) is 0 Å². The molecule has 0 spiro atoms. The van der Waals surface area contributed by atoms with Gasteiger partial charge in [-0.3, -0.25) is 9.59 Å². The summed E-state index contributed by atoms with van der Waals surface area (Å²) < 4.78 is 5.49. The zero-order chi connectivity index (χ0) is 30.6. The first kappa shape index (κ1) is 33.4. The predicted octanol–water partition coefficient (Wildman–Crippen LogP) is 6.15. The maximum Gasteiger partial charge on any atom is 0.408 e. The Morgan fingerprint density at radius 2 is 1.73 bits per heavy atom. The number of ether oxygens (including phenoxy) is 1. The third-order valence-electron chi connectivity index (χ3n) is 6.53. The van der Waals surface area contributed by atoms with Gasteiger partial charge >= 0.3 is 6.09 Å². The molecule has 8 heteroatoms. The number of hydrogen-bond acceptors (Lipinski definition) is 5. The van der Waals surface area contributed by atoms with E-state index in [1.807, 2.05) is 38.1 Å². The summed E-state index contributed by atoms with van der Waals surface area (Å²) in [5, 5.41) is 15.6. The first-order valence-electron chi connectivity index (χ1n) is 14.5. The van der Waals surface area contributed by atoms with Crippen LogP contribution in [-0.4, -0.2) is 52.1 Å². The molecule has 2 aromatic rings. The van der Waals surface area contributed by atoms with Gasteiger partial charge in [0.25, 0.3) is 0 Å². The molecule has 0 heterocycles. The number of phenolic OH excluding ortho intramolecular Hbond substituents is 1. The van der Waals surface area contributed by atoms with Gasteiger partial charge in [0.1, 0.15) is 23.4 Å². The number of rotatable bonds is 14. The normalized spacial score (nSPS) is 13.4. The predicted molar refractivity (Wildman–Crippen MR) is 163 cm³/mol. The lowest BCUT2D eigenvalue weighted by Crippen LogP contribution is -2.54. The summed E-state index contributed by atoms with van der Waals surface area (Å²) in [6.45, 7) is 15.5. The molecule has 2 rings (SSSR count). The number of benzene rings is 2. The first-order valence-corrected chi connectivity index (χ1v) is 14.5. The molecule has 0 aliphatic heterocycles. The van der Waals surface area contributed by atoms with Crippen molar-refractivity contribution in [2.24, 2.45) is 0 Å². The third-order valence-corrected chi connectivity index (χ3v) is 6.53. The second kappa shape index (κ2) is 15.8. The Balaban J connectivity index is 2.58. The van der Waals surface area contributed by atoms with Gasteiger partial charge in [0.2, 0.25) is 11.8 Å². The van der Waals surface area contributed by atoms with E-state index in [4.69, 9.17) is 4.74 Å². The highest BCUT2D eigenvalue weighted by atomic mass is 16.6. The topological polar surface area (TPSA) is 108 Å². The molecule has 0 aliphatic rings. The highest BCUT2D eigenvalue weighted by Crippen LogP contribution is 2.26. The van der Waals surface area contributed by atoms with Crippen molar-refractivity contribution in [1.82, 2.24) is 15.5 Å². The number of hydrogen-bond donors (Lipinski definition) is 3. The van der Waals surface area contributed by atoms with E-state index in [9.17, 15) is 19.5 Å². The summed E-state index contributed by atoms with van der Waals surface area (Å²) in [6.07, 6.45) is 4.31. The van der Waals surface area contributed by atoms with Crippen LogP contribution in [0.3, 0.4) is 0 Å². The summed E-state index contributed by atoms with van der Waals surface area (Å²) in [6, 6.07) is 11.9. The average Bonchev–Trinajstić information content (AvgIpc) is 2.90.